The van der Waals surface area contributed by atoms with Crippen LogP contribution in [0.4, 0.5) is 5.69 Å². The fourth-order valence-electron chi connectivity index (χ4n) is 1.59. The van der Waals surface area contributed by atoms with E-state index in [0.29, 0.717) is 0 Å². The van der Waals surface area contributed by atoms with Crippen molar-refractivity contribution in [1.29, 1.82) is 0 Å². The Morgan fingerprint density at radius 2 is 2.06 bits per heavy atom. The SMILES string of the molecule is CCN(CC)c1cccc(C=CC(N)=O)c1. The van der Waals surface area contributed by atoms with Gasteiger partial charge in [0.1, 0.15) is 0 Å². The molecule has 86 valence electrons. The van der Waals surface area contributed by atoms with Gasteiger partial charge in [0, 0.05) is 24.9 Å². The lowest BCUT2D eigenvalue weighted by Gasteiger charge is -2.21. The third kappa shape index (κ3) is 3.42. The number of carbonyl (C=O) groups is 1. The molecular formula is C13H18N2O. The molecule has 16 heavy (non-hydrogen) atoms. The molecule has 0 saturated heterocycles. The first-order valence-electron chi connectivity index (χ1n) is 5.50. The van der Waals surface area contributed by atoms with Gasteiger partial charge in [-0.15, -0.1) is 0 Å². The molecule has 0 aliphatic carbocycles. The third-order valence-electron chi connectivity index (χ3n) is 2.44. The number of nitrogens with zero attached hydrogens (tertiary/aromatic N) is 1. The van der Waals surface area contributed by atoms with Crippen LogP contribution < -0.4 is 10.6 Å². The van der Waals surface area contributed by atoms with Gasteiger partial charge in [-0.25, -0.2) is 0 Å². The normalized spacial score (nSPS) is 10.6. The van der Waals surface area contributed by atoms with Crippen molar-refractivity contribution in [2.24, 2.45) is 5.73 Å². The lowest BCUT2D eigenvalue weighted by molar-refractivity contribution is -0.113. The number of benzene rings is 1. The highest BCUT2D eigenvalue weighted by Crippen LogP contribution is 2.16. The van der Waals surface area contributed by atoms with E-state index in [0.717, 1.165) is 24.3 Å². The van der Waals surface area contributed by atoms with Crippen molar-refractivity contribution in [3.05, 3.63) is 35.9 Å². The third-order valence-corrected chi connectivity index (χ3v) is 2.44. The lowest BCUT2D eigenvalue weighted by Crippen LogP contribution is -2.21. The summed E-state index contributed by atoms with van der Waals surface area (Å²) in [5.41, 5.74) is 7.21. The van der Waals surface area contributed by atoms with Gasteiger partial charge in [-0.05, 0) is 37.6 Å². The molecule has 1 rings (SSSR count). The number of hydrogen-bond acceptors (Lipinski definition) is 2. The standard InChI is InChI=1S/C13H18N2O/c1-3-15(4-2)12-7-5-6-11(10-12)8-9-13(14)16/h5-10H,3-4H2,1-2H3,(H2,14,16). The molecule has 0 unspecified atom stereocenters. The molecule has 0 aliphatic heterocycles. The van der Waals surface area contributed by atoms with E-state index in [1.54, 1.807) is 6.08 Å². The van der Waals surface area contributed by atoms with Gasteiger partial charge in [0.2, 0.25) is 5.91 Å². The van der Waals surface area contributed by atoms with E-state index in [4.69, 9.17) is 5.73 Å². The van der Waals surface area contributed by atoms with Gasteiger partial charge in [-0.1, -0.05) is 12.1 Å². The molecule has 3 heteroatoms. The Kier molecular flexibility index (Phi) is 4.58. The van der Waals surface area contributed by atoms with Crippen LogP contribution in [0.25, 0.3) is 6.08 Å². The van der Waals surface area contributed by atoms with E-state index < -0.39 is 5.91 Å². The molecule has 0 aromatic heterocycles. The van der Waals surface area contributed by atoms with Gasteiger partial charge in [0.05, 0.1) is 0 Å². The van der Waals surface area contributed by atoms with Crippen molar-refractivity contribution in [1.82, 2.24) is 0 Å². The summed E-state index contributed by atoms with van der Waals surface area (Å²) in [5, 5.41) is 0. The predicted molar refractivity (Wildman–Crippen MR) is 68.2 cm³/mol. The van der Waals surface area contributed by atoms with Gasteiger partial charge >= 0.3 is 0 Å². The molecule has 1 aromatic carbocycles. The first kappa shape index (κ1) is 12.3. The minimum Gasteiger partial charge on any atom is -0.372 e. The number of carbonyl (C=O) groups excluding carboxylic acids is 1. The zero-order valence-corrected chi connectivity index (χ0v) is 9.81. The average molecular weight is 218 g/mol. The summed E-state index contributed by atoms with van der Waals surface area (Å²) in [4.78, 5) is 12.9. The van der Waals surface area contributed by atoms with Gasteiger partial charge in [-0.2, -0.15) is 0 Å². The van der Waals surface area contributed by atoms with Crippen LogP contribution in [0.15, 0.2) is 30.3 Å². The summed E-state index contributed by atoms with van der Waals surface area (Å²) in [6, 6.07) is 8.04. The van der Waals surface area contributed by atoms with Crippen LogP contribution in [0.2, 0.25) is 0 Å². The van der Waals surface area contributed by atoms with Gasteiger partial charge in [0.25, 0.3) is 0 Å². The summed E-state index contributed by atoms with van der Waals surface area (Å²) in [5.74, 6) is -0.423. The van der Waals surface area contributed by atoms with Crippen molar-refractivity contribution in [3.8, 4) is 0 Å². The second-order valence-corrected chi connectivity index (χ2v) is 3.50. The van der Waals surface area contributed by atoms with E-state index in [2.05, 4.69) is 24.8 Å². The van der Waals surface area contributed by atoms with Crippen LogP contribution in [0, 0.1) is 0 Å². The minimum atomic E-state index is -0.423. The molecular weight excluding hydrogens is 200 g/mol. The van der Waals surface area contributed by atoms with Crippen molar-refractivity contribution in [2.75, 3.05) is 18.0 Å². The molecule has 0 fully saturated rings. The number of hydrogen-bond donors (Lipinski definition) is 1. The smallest absolute Gasteiger partial charge is 0.241 e. The number of nitrogens with two attached hydrogens (primary N) is 1. The molecule has 0 spiro atoms. The fourth-order valence-corrected chi connectivity index (χ4v) is 1.59. The Hall–Kier alpha value is -1.77. The highest BCUT2D eigenvalue weighted by atomic mass is 16.1. The molecule has 2 N–H and O–H groups in total. The minimum absolute atomic E-state index is 0.423. The Morgan fingerprint density at radius 3 is 2.62 bits per heavy atom. The van der Waals surface area contributed by atoms with Crippen molar-refractivity contribution in [3.63, 3.8) is 0 Å². The van der Waals surface area contributed by atoms with Gasteiger partial charge in [0.15, 0.2) is 0 Å². The lowest BCUT2D eigenvalue weighted by atomic mass is 10.1. The van der Waals surface area contributed by atoms with Crippen molar-refractivity contribution >= 4 is 17.7 Å². The second kappa shape index (κ2) is 5.95. The van der Waals surface area contributed by atoms with E-state index in [-0.39, 0.29) is 0 Å². The maximum absolute atomic E-state index is 10.6. The second-order valence-electron chi connectivity index (χ2n) is 3.50. The summed E-state index contributed by atoms with van der Waals surface area (Å²) >= 11 is 0. The van der Waals surface area contributed by atoms with Crippen LogP contribution in [0.1, 0.15) is 19.4 Å². The van der Waals surface area contributed by atoms with Crippen LogP contribution in [-0.2, 0) is 4.79 Å². The first-order valence-corrected chi connectivity index (χ1v) is 5.50. The molecule has 0 aliphatic rings. The number of amides is 1. The summed E-state index contributed by atoms with van der Waals surface area (Å²) in [6.07, 6.45) is 3.11. The zero-order valence-electron chi connectivity index (χ0n) is 9.81. The quantitative estimate of drug-likeness (QED) is 0.769. The molecule has 0 bridgehead atoms. The van der Waals surface area contributed by atoms with Crippen LogP contribution in [-0.4, -0.2) is 19.0 Å². The molecule has 3 nitrogen and oxygen atoms in total. The van der Waals surface area contributed by atoms with Crippen molar-refractivity contribution < 1.29 is 4.79 Å². The number of rotatable bonds is 5. The summed E-state index contributed by atoms with van der Waals surface area (Å²) < 4.78 is 0. The van der Waals surface area contributed by atoms with Crippen LogP contribution in [0.3, 0.4) is 0 Å². The fraction of sp³-hybridized carbons (Fsp3) is 0.308. The Morgan fingerprint density at radius 1 is 1.38 bits per heavy atom. The Bertz CT molecular complexity index is 381. The number of primary amides is 1. The summed E-state index contributed by atoms with van der Waals surface area (Å²) in [7, 11) is 0. The highest BCUT2D eigenvalue weighted by Gasteiger charge is 2.00. The van der Waals surface area contributed by atoms with Gasteiger partial charge in [-0.3, -0.25) is 4.79 Å². The maximum Gasteiger partial charge on any atom is 0.241 e. The van der Waals surface area contributed by atoms with E-state index in [9.17, 15) is 4.79 Å². The highest BCUT2D eigenvalue weighted by molar-refractivity contribution is 5.90. The van der Waals surface area contributed by atoms with Crippen LogP contribution in [0.5, 0.6) is 0 Å². The Balaban J connectivity index is 2.90. The van der Waals surface area contributed by atoms with E-state index in [1.165, 1.54) is 6.08 Å². The molecule has 1 aromatic rings. The van der Waals surface area contributed by atoms with E-state index in [1.807, 2.05) is 18.2 Å². The summed E-state index contributed by atoms with van der Waals surface area (Å²) in [6.45, 7) is 6.18. The molecule has 1 amide bonds. The monoisotopic (exact) mass is 218 g/mol. The topological polar surface area (TPSA) is 46.3 Å². The first-order chi connectivity index (χ1) is 7.67. The van der Waals surface area contributed by atoms with E-state index >= 15 is 0 Å². The molecule has 0 radical (unpaired) electrons. The molecule has 0 saturated carbocycles. The maximum atomic E-state index is 10.6. The average Bonchev–Trinajstić information content (AvgIpc) is 2.29. The Labute approximate surface area is 96.6 Å². The molecule has 0 heterocycles. The van der Waals surface area contributed by atoms with Crippen LogP contribution >= 0.6 is 0 Å². The van der Waals surface area contributed by atoms with Crippen molar-refractivity contribution in [2.45, 2.75) is 13.8 Å². The predicted octanol–water partition coefficient (Wildman–Crippen LogP) is 2.03. The van der Waals surface area contributed by atoms with Gasteiger partial charge < -0.3 is 10.6 Å². The number of anilines is 1. The largest absolute Gasteiger partial charge is 0.372 e. The zero-order chi connectivity index (χ0) is 12.0. The molecule has 0 atom stereocenters.